The van der Waals surface area contributed by atoms with Crippen LogP contribution in [0.4, 0.5) is 38.4 Å². The molecule has 14 nitrogen and oxygen atoms in total. The largest absolute Gasteiger partial charge is 0.444 e. The predicted octanol–water partition coefficient (Wildman–Crippen LogP) is 3.19. The van der Waals surface area contributed by atoms with Crippen molar-refractivity contribution >= 4 is 56.7 Å². The molecule has 2 aliphatic heterocycles. The molecule has 2 aromatic rings. The molecule has 1 aromatic heterocycles. The number of nitrogens with zero attached hydrogens (tertiary/aromatic N) is 5. The van der Waals surface area contributed by atoms with Gasteiger partial charge in [-0.15, -0.1) is 0 Å². The first-order valence-corrected chi connectivity index (χ1v) is 15.9. The lowest BCUT2D eigenvalue weighted by molar-refractivity contribution is -0.117. The second-order valence-electron chi connectivity index (χ2n) is 12.1. The highest BCUT2D eigenvalue weighted by Crippen LogP contribution is 2.33. The molecule has 43 heavy (non-hydrogen) atoms. The zero-order valence-electron chi connectivity index (χ0n) is 25.6. The number of carbonyl (C=O) groups excluding carboxylic acids is 3. The van der Waals surface area contributed by atoms with E-state index in [9.17, 15) is 22.8 Å². The molecule has 2 aliphatic rings. The van der Waals surface area contributed by atoms with Gasteiger partial charge in [-0.05, 0) is 65.2 Å². The summed E-state index contributed by atoms with van der Waals surface area (Å²) in [6.07, 6.45) is 2.96. The first-order chi connectivity index (χ1) is 20.0. The third kappa shape index (κ3) is 8.03. The number of amides is 4. The molecular weight excluding hydrogens is 576 g/mol. The van der Waals surface area contributed by atoms with Crippen LogP contribution in [0.1, 0.15) is 41.0 Å². The average Bonchev–Trinajstić information content (AvgIpc) is 3.37. The molecule has 0 bridgehead atoms. The monoisotopic (exact) mass is 616 g/mol. The Bertz CT molecular complexity index is 1510. The van der Waals surface area contributed by atoms with Crippen LogP contribution >= 0.6 is 0 Å². The van der Waals surface area contributed by atoms with E-state index in [4.69, 9.17) is 4.74 Å². The standard InChI is InChI=1S/C28H40N8O6S/c1-17(2)36-16-23(37)34(6)22-14-29-25(33-24(22)36)31-19-10-20(12-21(11-19)43(7,40)41)32-26(38)30-13-18-8-9-35(15-18)27(39)42-28(3,4)5/h10-12,14,17-18H,8-9,13,15-16H2,1-7H3,(H,29,31,33)(H2,30,32,38). The lowest BCUT2D eigenvalue weighted by Gasteiger charge is -2.36. The zero-order valence-corrected chi connectivity index (χ0v) is 26.4. The third-order valence-electron chi connectivity index (χ3n) is 7.02. The van der Waals surface area contributed by atoms with Crippen LogP contribution in [0.2, 0.25) is 0 Å². The summed E-state index contributed by atoms with van der Waals surface area (Å²) in [6, 6.07) is 3.87. The van der Waals surface area contributed by atoms with E-state index in [2.05, 4.69) is 25.9 Å². The highest BCUT2D eigenvalue weighted by atomic mass is 32.2. The lowest BCUT2D eigenvalue weighted by atomic mass is 10.1. The van der Waals surface area contributed by atoms with Crippen molar-refractivity contribution in [3.05, 3.63) is 24.4 Å². The maximum Gasteiger partial charge on any atom is 0.410 e. The van der Waals surface area contributed by atoms with E-state index in [-0.39, 0.29) is 47.0 Å². The molecule has 1 aromatic carbocycles. The minimum atomic E-state index is -3.63. The maximum absolute atomic E-state index is 12.8. The first-order valence-electron chi connectivity index (χ1n) is 14.1. The summed E-state index contributed by atoms with van der Waals surface area (Å²) in [5.74, 6) is 0.750. The highest BCUT2D eigenvalue weighted by Gasteiger charge is 2.31. The van der Waals surface area contributed by atoms with Crippen LogP contribution in [0.25, 0.3) is 0 Å². The minimum Gasteiger partial charge on any atom is -0.444 e. The van der Waals surface area contributed by atoms with E-state index >= 15 is 0 Å². The van der Waals surface area contributed by atoms with Crippen LogP contribution in [-0.2, 0) is 19.4 Å². The van der Waals surface area contributed by atoms with Gasteiger partial charge in [0.1, 0.15) is 11.3 Å². The van der Waals surface area contributed by atoms with Crippen LogP contribution < -0.4 is 25.8 Å². The van der Waals surface area contributed by atoms with Gasteiger partial charge in [-0.3, -0.25) is 4.79 Å². The van der Waals surface area contributed by atoms with Gasteiger partial charge in [-0.2, -0.15) is 4.98 Å². The smallest absolute Gasteiger partial charge is 0.410 e. The van der Waals surface area contributed by atoms with Crippen molar-refractivity contribution in [2.45, 2.75) is 57.6 Å². The van der Waals surface area contributed by atoms with Gasteiger partial charge in [0.25, 0.3) is 0 Å². The number of likely N-dealkylation sites (N-methyl/N-ethyl adjacent to an activating group) is 1. The molecule has 15 heteroatoms. The fraction of sp³-hybridized carbons (Fsp3) is 0.536. The quantitative estimate of drug-likeness (QED) is 0.420. The van der Waals surface area contributed by atoms with Crippen molar-refractivity contribution in [2.24, 2.45) is 5.92 Å². The molecular formula is C28H40N8O6S. The summed E-state index contributed by atoms with van der Waals surface area (Å²) >= 11 is 0. The van der Waals surface area contributed by atoms with Gasteiger partial charge in [-0.1, -0.05) is 0 Å². The molecule has 0 aliphatic carbocycles. The van der Waals surface area contributed by atoms with Crippen LogP contribution in [0.3, 0.4) is 0 Å². The van der Waals surface area contributed by atoms with E-state index in [1.807, 2.05) is 39.5 Å². The predicted molar refractivity (Wildman–Crippen MR) is 164 cm³/mol. The Morgan fingerprint density at radius 3 is 2.51 bits per heavy atom. The fourth-order valence-electron chi connectivity index (χ4n) is 4.75. The van der Waals surface area contributed by atoms with Gasteiger partial charge >= 0.3 is 12.1 Å². The Labute approximate surface area is 252 Å². The second kappa shape index (κ2) is 12.2. The summed E-state index contributed by atoms with van der Waals surface area (Å²) in [4.78, 5) is 51.4. The third-order valence-corrected chi connectivity index (χ3v) is 8.12. The molecule has 234 valence electrons. The van der Waals surface area contributed by atoms with Gasteiger partial charge < -0.3 is 35.4 Å². The summed E-state index contributed by atoms with van der Waals surface area (Å²) in [6.45, 7) is 10.9. The Morgan fingerprint density at radius 2 is 1.86 bits per heavy atom. The second-order valence-corrected chi connectivity index (χ2v) is 14.2. The topological polar surface area (TPSA) is 166 Å². The highest BCUT2D eigenvalue weighted by molar-refractivity contribution is 7.90. The molecule has 4 rings (SSSR count). The number of benzene rings is 1. The Balaban J connectivity index is 1.45. The Hall–Kier alpha value is -4.14. The van der Waals surface area contributed by atoms with Crippen LogP contribution in [0.5, 0.6) is 0 Å². The normalized spacial score (nSPS) is 17.2. The summed E-state index contributed by atoms with van der Waals surface area (Å²) in [5, 5.41) is 8.54. The number of nitrogens with one attached hydrogen (secondary N) is 3. The van der Waals surface area contributed by atoms with Gasteiger partial charge in [0.15, 0.2) is 15.7 Å². The molecule has 0 radical (unpaired) electrons. The number of likely N-dealkylation sites (tertiary alicyclic amines) is 1. The SMILES string of the molecule is CC(C)N1CC(=O)N(C)c2cnc(Nc3cc(NC(=O)NCC4CCN(C(=O)OC(C)(C)C)C4)cc(S(C)(=O)=O)c3)nc21. The van der Waals surface area contributed by atoms with E-state index in [1.54, 1.807) is 18.0 Å². The number of anilines is 5. The summed E-state index contributed by atoms with van der Waals surface area (Å²) in [7, 11) is -1.97. The molecule has 3 N–H and O–H groups in total. The van der Waals surface area contributed by atoms with E-state index in [1.165, 1.54) is 23.2 Å². The zero-order chi connectivity index (χ0) is 31.7. The summed E-state index contributed by atoms with van der Waals surface area (Å²) < 4.78 is 30.3. The van der Waals surface area contributed by atoms with Crippen molar-refractivity contribution in [1.29, 1.82) is 0 Å². The number of sulfone groups is 1. The number of ether oxygens (including phenoxy) is 1. The molecule has 1 saturated heterocycles. The van der Waals surface area contributed by atoms with E-state index in [0.717, 1.165) is 12.7 Å². The lowest BCUT2D eigenvalue weighted by Crippen LogP contribution is -2.47. The van der Waals surface area contributed by atoms with Gasteiger partial charge in [0.2, 0.25) is 11.9 Å². The maximum atomic E-state index is 12.8. The van der Waals surface area contributed by atoms with Crippen LogP contribution in [-0.4, -0.2) is 92.4 Å². The van der Waals surface area contributed by atoms with Crippen LogP contribution in [0, 0.1) is 5.92 Å². The number of rotatable bonds is 7. The number of aromatic nitrogens is 2. The molecule has 3 heterocycles. The molecule has 0 saturated carbocycles. The number of fused-ring (bicyclic) bond motifs is 1. The fourth-order valence-corrected chi connectivity index (χ4v) is 5.44. The molecule has 0 spiro atoms. The molecule has 1 atom stereocenters. The Morgan fingerprint density at radius 1 is 1.16 bits per heavy atom. The van der Waals surface area contributed by atoms with Crippen molar-refractivity contribution in [1.82, 2.24) is 20.2 Å². The van der Waals surface area contributed by atoms with E-state index < -0.39 is 21.5 Å². The number of hydrogen-bond acceptors (Lipinski definition) is 10. The van der Waals surface area contributed by atoms with Gasteiger partial charge in [0, 0.05) is 50.4 Å². The van der Waals surface area contributed by atoms with Crippen molar-refractivity contribution in [2.75, 3.05) is 59.9 Å². The van der Waals surface area contributed by atoms with Crippen molar-refractivity contribution in [3.8, 4) is 0 Å². The summed E-state index contributed by atoms with van der Waals surface area (Å²) in [5.41, 5.74) is 0.574. The molecule has 1 unspecified atom stereocenters. The van der Waals surface area contributed by atoms with Crippen LogP contribution in [0.15, 0.2) is 29.3 Å². The van der Waals surface area contributed by atoms with Gasteiger partial charge in [0.05, 0.1) is 17.6 Å². The van der Waals surface area contributed by atoms with Gasteiger partial charge in [-0.25, -0.2) is 23.0 Å². The van der Waals surface area contributed by atoms with E-state index in [0.29, 0.717) is 36.8 Å². The molecule has 1 fully saturated rings. The number of urea groups is 1. The Kier molecular flexibility index (Phi) is 9.04. The molecule has 4 amide bonds. The average molecular weight is 617 g/mol. The first kappa shape index (κ1) is 31.8. The van der Waals surface area contributed by atoms with Crippen molar-refractivity contribution in [3.63, 3.8) is 0 Å². The minimum absolute atomic E-state index is 0.00615. The van der Waals surface area contributed by atoms with Crippen molar-refractivity contribution < 1.29 is 27.5 Å². The number of carbonyl (C=O) groups is 3. The number of hydrogen-bond donors (Lipinski definition) is 3.